The second kappa shape index (κ2) is 6.59. The van der Waals surface area contributed by atoms with Crippen molar-refractivity contribution in [1.82, 2.24) is 0 Å². The molecule has 3 nitrogen and oxygen atoms in total. The summed E-state index contributed by atoms with van der Waals surface area (Å²) in [5, 5.41) is 17.0. The molecule has 3 heteroatoms. The Morgan fingerprint density at radius 3 is 2.20 bits per heavy atom. The molecule has 0 aliphatic carbocycles. The van der Waals surface area contributed by atoms with Gasteiger partial charge in [-0.1, -0.05) is 30.3 Å². The van der Waals surface area contributed by atoms with Crippen LogP contribution in [0.5, 0.6) is 0 Å². The largest absolute Gasteiger partial charge is 0.371 e. The first-order chi connectivity index (χ1) is 7.36. The van der Waals surface area contributed by atoms with E-state index < -0.39 is 0 Å². The van der Waals surface area contributed by atoms with Gasteiger partial charge in [0.05, 0.1) is 37.7 Å². The number of nitriles is 2. The molecule has 0 spiro atoms. The molecule has 0 aromatic heterocycles. The van der Waals surface area contributed by atoms with E-state index in [9.17, 15) is 0 Å². The van der Waals surface area contributed by atoms with E-state index in [4.69, 9.17) is 15.3 Å². The topological polar surface area (TPSA) is 56.8 Å². The predicted molar refractivity (Wildman–Crippen MR) is 55.5 cm³/mol. The molecule has 0 aliphatic heterocycles. The highest BCUT2D eigenvalue weighted by atomic mass is 16.5. The molecule has 0 fully saturated rings. The van der Waals surface area contributed by atoms with Gasteiger partial charge in [-0.25, -0.2) is 0 Å². The van der Waals surface area contributed by atoms with Crippen LogP contribution in [0.4, 0.5) is 0 Å². The molecule has 0 bridgehead atoms. The maximum absolute atomic E-state index is 8.52. The van der Waals surface area contributed by atoms with Gasteiger partial charge in [0, 0.05) is 0 Å². The number of nitrogens with zero attached hydrogens (tertiary/aromatic N) is 2. The zero-order valence-corrected chi connectivity index (χ0v) is 8.39. The fourth-order valence-electron chi connectivity index (χ4n) is 1.18. The van der Waals surface area contributed by atoms with E-state index in [2.05, 4.69) is 0 Å². The van der Waals surface area contributed by atoms with Crippen molar-refractivity contribution in [3.63, 3.8) is 0 Å². The molecule has 15 heavy (non-hydrogen) atoms. The van der Waals surface area contributed by atoms with Crippen molar-refractivity contribution in [1.29, 1.82) is 10.5 Å². The van der Waals surface area contributed by atoms with Crippen LogP contribution in [-0.4, -0.2) is 6.10 Å². The van der Waals surface area contributed by atoms with Gasteiger partial charge in [-0.2, -0.15) is 10.5 Å². The van der Waals surface area contributed by atoms with Crippen LogP contribution in [-0.2, 0) is 11.3 Å². The van der Waals surface area contributed by atoms with E-state index in [1.807, 2.05) is 42.5 Å². The van der Waals surface area contributed by atoms with Gasteiger partial charge in [-0.15, -0.1) is 0 Å². The number of hydrogen-bond acceptors (Lipinski definition) is 3. The molecule has 0 atom stereocenters. The van der Waals surface area contributed by atoms with Crippen LogP contribution in [0.3, 0.4) is 0 Å². The molecule has 1 aromatic carbocycles. The Labute approximate surface area is 89.5 Å². The molecule has 0 heterocycles. The Kier molecular flexibility index (Phi) is 4.94. The van der Waals surface area contributed by atoms with E-state index in [0.29, 0.717) is 6.61 Å². The first-order valence-corrected chi connectivity index (χ1v) is 4.76. The summed E-state index contributed by atoms with van der Waals surface area (Å²) < 4.78 is 5.46. The van der Waals surface area contributed by atoms with Crippen molar-refractivity contribution in [2.75, 3.05) is 0 Å². The smallest absolute Gasteiger partial charge is 0.0839 e. The lowest BCUT2D eigenvalue weighted by Gasteiger charge is -2.11. The highest BCUT2D eigenvalue weighted by Gasteiger charge is 2.07. The Bertz CT molecular complexity index is 345. The van der Waals surface area contributed by atoms with Gasteiger partial charge in [-0.3, -0.25) is 0 Å². The molecule has 0 unspecified atom stereocenters. The number of hydrogen-bond donors (Lipinski definition) is 0. The standard InChI is InChI=1S/C12H12N2O/c13-8-6-12(7-9-14)15-10-11-4-2-1-3-5-11/h1-5,12H,6-7,10H2. The van der Waals surface area contributed by atoms with Crippen LogP contribution in [0.2, 0.25) is 0 Å². The summed E-state index contributed by atoms with van der Waals surface area (Å²) in [7, 11) is 0. The highest BCUT2D eigenvalue weighted by Crippen LogP contribution is 2.07. The highest BCUT2D eigenvalue weighted by molar-refractivity contribution is 5.13. The molecule has 1 rings (SSSR count). The van der Waals surface area contributed by atoms with Crippen molar-refractivity contribution in [3.05, 3.63) is 35.9 Å². The van der Waals surface area contributed by atoms with E-state index in [0.717, 1.165) is 5.56 Å². The van der Waals surface area contributed by atoms with E-state index >= 15 is 0 Å². The summed E-state index contributed by atoms with van der Waals surface area (Å²) >= 11 is 0. The molecule has 0 aliphatic rings. The lowest BCUT2D eigenvalue weighted by Crippen LogP contribution is -2.11. The molecule has 0 radical (unpaired) electrons. The summed E-state index contributed by atoms with van der Waals surface area (Å²) in [5.74, 6) is 0. The Morgan fingerprint density at radius 2 is 1.67 bits per heavy atom. The molecule has 0 amide bonds. The number of ether oxygens (including phenoxy) is 1. The van der Waals surface area contributed by atoms with Gasteiger partial charge in [-0.05, 0) is 5.56 Å². The molecular weight excluding hydrogens is 188 g/mol. The maximum Gasteiger partial charge on any atom is 0.0839 e. The predicted octanol–water partition coefficient (Wildman–Crippen LogP) is 2.40. The SMILES string of the molecule is N#CCC(CC#N)OCc1ccccc1. The fraction of sp³-hybridized carbons (Fsp3) is 0.333. The molecule has 1 aromatic rings. The van der Waals surface area contributed by atoms with Crippen LogP contribution >= 0.6 is 0 Å². The maximum atomic E-state index is 8.52. The zero-order valence-electron chi connectivity index (χ0n) is 8.39. The van der Waals surface area contributed by atoms with Crippen molar-refractivity contribution in [3.8, 4) is 12.1 Å². The molecule has 76 valence electrons. The monoisotopic (exact) mass is 200 g/mol. The summed E-state index contributed by atoms with van der Waals surface area (Å²) in [5.41, 5.74) is 1.05. The van der Waals surface area contributed by atoms with Crippen molar-refractivity contribution in [2.24, 2.45) is 0 Å². The third kappa shape index (κ3) is 4.26. The zero-order chi connectivity index (χ0) is 10.9. The first kappa shape index (κ1) is 11.2. The van der Waals surface area contributed by atoms with Gasteiger partial charge in [0.2, 0.25) is 0 Å². The van der Waals surface area contributed by atoms with Crippen LogP contribution in [0, 0.1) is 22.7 Å². The molecule has 0 saturated carbocycles. The average Bonchev–Trinajstić information content (AvgIpc) is 2.28. The first-order valence-electron chi connectivity index (χ1n) is 4.76. The summed E-state index contributed by atoms with van der Waals surface area (Å²) in [6.07, 6.45) is 0.251. The van der Waals surface area contributed by atoms with Crippen LogP contribution in [0.25, 0.3) is 0 Å². The van der Waals surface area contributed by atoms with Crippen molar-refractivity contribution >= 4 is 0 Å². The van der Waals surface area contributed by atoms with Gasteiger partial charge in [0.15, 0.2) is 0 Å². The van der Waals surface area contributed by atoms with Crippen LogP contribution in [0.1, 0.15) is 18.4 Å². The quantitative estimate of drug-likeness (QED) is 0.733. The second-order valence-electron chi connectivity index (χ2n) is 3.14. The summed E-state index contributed by atoms with van der Waals surface area (Å²) in [4.78, 5) is 0. The van der Waals surface area contributed by atoms with Gasteiger partial charge in [0.1, 0.15) is 0 Å². The lowest BCUT2D eigenvalue weighted by atomic mass is 10.2. The minimum Gasteiger partial charge on any atom is -0.371 e. The Morgan fingerprint density at radius 1 is 1.07 bits per heavy atom. The number of benzene rings is 1. The number of rotatable bonds is 5. The van der Waals surface area contributed by atoms with E-state index in [-0.39, 0.29) is 18.9 Å². The summed E-state index contributed by atoms with van der Waals surface area (Å²) in [6.45, 7) is 0.453. The Hall–Kier alpha value is -1.84. The van der Waals surface area contributed by atoms with Crippen LogP contribution in [0.15, 0.2) is 30.3 Å². The molecule has 0 saturated heterocycles. The molecular formula is C12H12N2O. The fourth-order valence-corrected chi connectivity index (χ4v) is 1.18. The lowest BCUT2D eigenvalue weighted by molar-refractivity contribution is 0.0469. The van der Waals surface area contributed by atoms with E-state index in [1.54, 1.807) is 0 Å². The van der Waals surface area contributed by atoms with Crippen LogP contribution < -0.4 is 0 Å². The van der Waals surface area contributed by atoms with Gasteiger partial charge < -0.3 is 4.74 Å². The minimum atomic E-state index is -0.278. The van der Waals surface area contributed by atoms with Gasteiger partial charge in [0.25, 0.3) is 0 Å². The van der Waals surface area contributed by atoms with Gasteiger partial charge >= 0.3 is 0 Å². The normalized spacial score (nSPS) is 9.53. The third-order valence-electron chi connectivity index (χ3n) is 1.97. The minimum absolute atomic E-state index is 0.264. The molecule has 0 N–H and O–H groups in total. The van der Waals surface area contributed by atoms with Crippen molar-refractivity contribution in [2.45, 2.75) is 25.6 Å². The Balaban J connectivity index is 2.41. The third-order valence-corrected chi connectivity index (χ3v) is 1.97. The second-order valence-corrected chi connectivity index (χ2v) is 3.14. The summed E-state index contributed by atoms with van der Waals surface area (Å²) in [6, 6.07) is 13.7. The average molecular weight is 200 g/mol. The van der Waals surface area contributed by atoms with E-state index in [1.165, 1.54) is 0 Å². The van der Waals surface area contributed by atoms with Crippen molar-refractivity contribution < 1.29 is 4.74 Å².